The Morgan fingerprint density at radius 3 is 2.59 bits per heavy atom. The molecule has 0 amide bonds. The van der Waals surface area contributed by atoms with Crippen LogP contribution in [0, 0.1) is 5.41 Å². The molecule has 2 aliphatic carbocycles. The van der Waals surface area contributed by atoms with E-state index in [1.165, 1.54) is 12.8 Å². The summed E-state index contributed by atoms with van der Waals surface area (Å²) in [6.45, 7) is 7.39. The largest absolute Gasteiger partial charge is 0.392 e. The zero-order chi connectivity index (χ0) is 12.5. The van der Waals surface area contributed by atoms with Crippen molar-refractivity contribution in [2.75, 3.05) is 6.61 Å². The summed E-state index contributed by atoms with van der Waals surface area (Å²) in [4.78, 5) is 0. The van der Waals surface area contributed by atoms with Crippen LogP contribution in [0.4, 0.5) is 0 Å². The molecule has 100 valence electrons. The molecule has 0 bridgehead atoms. The number of aliphatic hydroxyl groups excluding tert-OH is 1. The van der Waals surface area contributed by atoms with E-state index in [9.17, 15) is 5.11 Å². The number of rotatable bonds is 4. The Morgan fingerprint density at radius 2 is 2.00 bits per heavy atom. The lowest BCUT2D eigenvalue weighted by molar-refractivity contribution is -0.120. The third-order valence-corrected chi connectivity index (χ3v) is 4.69. The average Bonchev–Trinajstić information content (AvgIpc) is 2.30. The van der Waals surface area contributed by atoms with E-state index in [0.717, 1.165) is 25.9 Å². The highest BCUT2D eigenvalue weighted by Gasteiger charge is 2.49. The van der Waals surface area contributed by atoms with Crippen LogP contribution in [0.2, 0.25) is 0 Å². The minimum absolute atomic E-state index is 0.148. The highest BCUT2D eigenvalue weighted by molar-refractivity contribution is 5.04. The summed E-state index contributed by atoms with van der Waals surface area (Å²) in [6.07, 6.45) is 5.82. The van der Waals surface area contributed by atoms with Crippen molar-refractivity contribution in [3.63, 3.8) is 0 Å². The number of aliphatic hydroxyl groups is 1. The average molecular weight is 241 g/mol. The molecule has 0 heterocycles. The summed E-state index contributed by atoms with van der Waals surface area (Å²) < 4.78 is 5.74. The van der Waals surface area contributed by atoms with Gasteiger partial charge in [0.05, 0.1) is 12.2 Å². The van der Waals surface area contributed by atoms with Gasteiger partial charge in [-0.15, -0.1) is 0 Å². The normalized spacial score (nSPS) is 40.9. The summed E-state index contributed by atoms with van der Waals surface area (Å²) in [5.41, 5.74) is 0.202. The Morgan fingerprint density at radius 1 is 1.29 bits per heavy atom. The maximum atomic E-state index is 9.98. The Labute approximate surface area is 105 Å². The van der Waals surface area contributed by atoms with Crippen molar-refractivity contribution in [2.24, 2.45) is 5.41 Å². The fourth-order valence-electron chi connectivity index (χ4n) is 3.22. The van der Waals surface area contributed by atoms with Gasteiger partial charge in [0.25, 0.3) is 0 Å². The van der Waals surface area contributed by atoms with Gasteiger partial charge in [-0.2, -0.15) is 0 Å². The van der Waals surface area contributed by atoms with E-state index < -0.39 is 0 Å². The van der Waals surface area contributed by atoms with Crippen molar-refractivity contribution >= 4 is 0 Å². The molecule has 2 fully saturated rings. The molecule has 2 aliphatic rings. The molecule has 0 aromatic heterocycles. The maximum Gasteiger partial charge on any atom is 0.0693 e. The van der Waals surface area contributed by atoms with Crippen LogP contribution in [0.15, 0.2) is 0 Å². The van der Waals surface area contributed by atoms with Gasteiger partial charge in [0, 0.05) is 24.1 Å². The maximum absolute atomic E-state index is 9.98. The van der Waals surface area contributed by atoms with Crippen molar-refractivity contribution in [1.29, 1.82) is 0 Å². The predicted molar refractivity (Wildman–Crippen MR) is 69.0 cm³/mol. The first-order valence-electron chi connectivity index (χ1n) is 7.11. The molecule has 0 radical (unpaired) electrons. The minimum atomic E-state index is -0.148. The third kappa shape index (κ3) is 2.67. The van der Waals surface area contributed by atoms with Gasteiger partial charge >= 0.3 is 0 Å². The van der Waals surface area contributed by atoms with Gasteiger partial charge in [-0.3, -0.25) is 0 Å². The molecule has 0 aliphatic heterocycles. The summed E-state index contributed by atoms with van der Waals surface area (Å²) in [6, 6.07) is 0.799. The fraction of sp³-hybridized carbons (Fsp3) is 1.00. The topological polar surface area (TPSA) is 41.5 Å². The second-order valence-corrected chi connectivity index (χ2v) is 6.18. The van der Waals surface area contributed by atoms with Crippen LogP contribution >= 0.6 is 0 Å². The fourth-order valence-corrected chi connectivity index (χ4v) is 3.22. The van der Waals surface area contributed by atoms with Gasteiger partial charge in [-0.05, 0) is 26.2 Å². The zero-order valence-electron chi connectivity index (χ0n) is 11.4. The highest BCUT2D eigenvalue weighted by Crippen LogP contribution is 2.43. The lowest BCUT2D eigenvalue weighted by Gasteiger charge is -2.53. The standard InChI is InChI=1S/C14H27NO2/c1-4-17-13-9-12(14(13,2)3)15-10-7-5-6-8-11(10)16/h10-13,15-16H,4-9H2,1-3H3/t10-,11-,12?,13?/m0/s1. The Kier molecular flexibility index (Phi) is 4.11. The van der Waals surface area contributed by atoms with E-state index in [4.69, 9.17) is 4.74 Å². The summed E-state index contributed by atoms with van der Waals surface area (Å²) in [5, 5.41) is 13.6. The molecule has 2 N–H and O–H groups in total. The van der Waals surface area contributed by atoms with Gasteiger partial charge in [0.15, 0.2) is 0 Å². The van der Waals surface area contributed by atoms with Crippen molar-refractivity contribution in [2.45, 2.75) is 77.2 Å². The quantitative estimate of drug-likeness (QED) is 0.792. The molecule has 17 heavy (non-hydrogen) atoms. The van der Waals surface area contributed by atoms with Crippen LogP contribution in [-0.4, -0.2) is 36.0 Å². The molecule has 2 rings (SSSR count). The van der Waals surface area contributed by atoms with E-state index in [2.05, 4.69) is 26.1 Å². The van der Waals surface area contributed by atoms with Crippen molar-refractivity contribution in [3.05, 3.63) is 0 Å². The second kappa shape index (κ2) is 5.25. The molecule has 4 atom stereocenters. The molecule has 3 nitrogen and oxygen atoms in total. The van der Waals surface area contributed by atoms with Crippen LogP contribution in [0.5, 0.6) is 0 Å². The number of hydrogen-bond acceptors (Lipinski definition) is 3. The van der Waals surface area contributed by atoms with Crippen molar-refractivity contribution < 1.29 is 9.84 Å². The molecular formula is C14H27NO2. The minimum Gasteiger partial charge on any atom is -0.392 e. The smallest absolute Gasteiger partial charge is 0.0693 e. The first kappa shape index (κ1) is 13.3. The van der Waals surface area contributed by atoms with Gasteiger partial charge < -0.3 is 15.2 Å². The molecular weight excluding hydrogens is 214 g/mol. The zero-order valence-corrected chi connectivity index (χ0v) is 11.4. The van der Waals surface area contributed by atoms with Crippen LogP contribution in [0.25, 0.3) is 0 Å². The first-order valence-corrected chi connectivity index (χ1v) is 7.11. The van der Waals surface area contributed by atoms with E-state index in [1.54, 1.807) is 0 Å². The van der Waals surface area contributed by atoms with E-state index in [0.29, 0.717) is 18.2 Å². The van der Waals surface area contributed by atoms with E-state index in [-0.39, 0.29) is 11.5 Å². The summed E-state index contributed by atoms with van der Waals surface area (Å²) in [7, 11) is 0. The Balaban J connectivity index is 1.84. The van der Waals surface area contributed by atoms with E-state index >= 15 is 0 Å². The Hall–Kier alpha value is -0.120. The van der Waals surface area contributed by atoms with E-state index in [1.807, 2.05) is 0 Å². The van der Waals surface area contributed by atoms with Gasteiger partial charge in [0.2, 0.25) is 0 Å². The van der Waals surface area contributed by atoms with Crippen molar-refractivity contribution in [3.8, 4) is 0 Å². The summed E-state index contributed by atoms with van der Waals surface area (Å²) in [5.74, 6) is 0. The molecule has 0 saturated heterocycles. The molecule has 2 unspecified atom stereocenters. The van der Waals surface area contributed by atoms with Crippen molar-refractivity contribution in [1.82, 2.24) is 5.32 Å². The Bertz CT molecular complexity index is 255. The number of hydrogen-bond donors (Lipinski definition) is 2. The van der Waals surface area contributed by atoms with Gasteiger partial charge in [-0.1, -0.05) is 26.7 Å². The van der Waals surface area contributed by atoms with Crippen LogP contribution < -0.4 is 5.32 Å². The summed E-state index contributed by atoms with van der Waals surface area (Å²) >= 11 is 0. The molecule has 3 heteroatoms. The predicted octanol–water partition coefficient (Wildman–Crippen LogP) is 2.08. The SMILES string of the molecule is CCOC1CC(N[C@H]2CCCC[C@@H]2O)C1(C)C. The molecule has 2 saturated carbocycles. The van der Waals surface area contributed by atoms with Gasteiger partial charge in [-0.25, -0.2) is 0 Å². The second-order valence-electron chi connectivity index (χ2n) is 6.18. The van der Waals surface area contributed by atoms with Crippen LogP contribution in [0.3, 0.4) is 0 Å². The molecule has 0 spiro atoms. The van der Waals surface area contributed by atoms with Crippen LogP contribution in [-0.2, 0) is 4.74 Å². The lowest BCUT2D eigenvalue weighted by atomic mass is 9.64. The highest BCUT2D eigenvalue weighted by atomic mass is 16.5. The first-order chi connectivity index (χ1) is 8.05. The van der Waals surface area contributed by atoms with Crippen LogP contribution in [0.1, 0.15) is 52.9 Å². The number of nitrogens with one attached hydrogen (secondary N) is 1. The molecule has 0 aromatic rings. The lowest BCUT2D eigenvalue weighted by Crippen LogP contribution is -2.64. The van der Waals surface area contributed by atoms with Gasteiger partial charge in [0.1, 0.15) is 0 Å². The third-order valence-electron chi connectivity index (χ3n) is 4.69. The molecule has 0 aromatic carbocycles. The number of ether oxygens (including phenoxy) is 1. The monoisotopic (exact) mass is 241 g/mol.